The van der Waals surface area contributed by atoms with Gasteiger partial charge in [0.05, 0.1) is 45.4 Å². The number of nitrogens with one attached hydrogen (secondary N) is 4. The number of carboxylic acids is 2. The number of ether oxygens (including phenoxy) is 4. The van der Waals surface area contributed by atoms with Gasteiger partial charge in [0.15, 0.2) is 0 Å². The Morgan fingerprint density at radius 1 is 0.580 bits per heavy atom. The number of rotatable bonds is 50. The molecule has 19 nitrogen and oxygen atoms in total. The highest BCUT2D eigenvalue weighted by atomic mass is 16.5. The molecule has 3 atom stereocenters. The van der Waals surface area contributed by atoms with Gasteiger partial charge < -0.3 is 55.8 Å². The quantitative estimate of drug-likeness (QED) is 0.0382. The van der Waals surface area contributed by atoms with Crippen LogP contribution in [0, 0.1) is 5.92 Å². The molecule has 1 aromatic rings. The van der Waals surface area contributed by atoms with Crippen molar-refractivity contribution in [3.8, 4) is 0 Å². The number of nitrogens with two attached hydrogens (primary N) is 1. The van der Waals surface area contributed by atoms with Crippen LogP contribution in [0.5, 0.6) is 0 Å². The Morgan fingerprint density at radius 3 is 1.70 bits per heavy atom. The van der Waals surface area contributed by atoms with Crippen LogP contribution in [0.2, 0.25) is 0 Å². The molecule has 3 amide bonds. The Morgan fingerprint density at radius 2 is 1.13 bits per heavy atom. The van der Waals surface area contributed by atoms with E-state index in [2.05, 4.69) is 32.8 Å². The maximum Gasteiger partial charge on any atom is 0.326 e. The molecular weight excluding hydrogens is 893 g/mol. The first-order valence-corrected chi connectivity index (χ1v) is 25.7. The average Bonchev–Trinajstić information content (AvgIpc) is 3.83. The number of H-pyrrole nitrogens is 1. The maximum absolute atomic E-state index is 12.4. The molecule has 0 aliphatic heterocycles. The minimum Gasteiger partial charge on any atom is -0.481 e. The van der Waals surface area contributed by atoms with Crippen molar-refractivity contribution >= 4 is 41.2 Å². The molecule has 0 spiro atoms. The van der Waals surface area contributed by atoms with E-state index in [0.29, 0.717) is 44.8 Å². The minimum absolute atomic E-state index is 0.0340. The predicted molar refractivity (Wildman–Crippen MR) is 261 cm³/mol. The van der Waals surface area contributed by atoms with E-state index < -0.39 is 24.0 Å². The molecule has 0 unspecified atom stereocenters. The van der Waals surface area contributed by atoms with E-state index in [1.165, 1.54) is 44.9 Å². The van der Waals surface area contributed by atoms with Crippen LogP contribution >= 0.6 is 0 Å². The van der Waals surface area contributed by atoms with Gasteiger partial charge in [-0.25, -0.2) is 9.78 Å². The van der Waals surface area contributed by atoms with Gasteiger partial charge in [0.25, 0.3) is 0 Å². The van der Waals surface area contributed by atoms with E-state index in [0.717, 1.165) is 69.9 Å². The molecule has 396 valence electrons. The molecule has 1 rings (SSSR count). The molecule has 0 saturated carbocycles. The first-order chi connectivity index (χ1) is 33.4. The SMILES string of the molecule is C[C@H](CCCCNC(=O)COCCOCCNC(=O)COCCOCCCC(=O)CC[C@H](NC(=O)CCCCCCCCCCCCCCCCC(=O)O)C(=O)O)CCC(=O)[C@@H](N)Cc1cnc[nH]1. The summed E-state index contributed by atoms with van der Waals surface area (Å²) in [5.41, 5.74) is 6.87. The Bertz CT molecular complexity index is 1520. The lowest BCUT2D eigenvalue weighted by Crippen LogP contribution is -2.41. The number of carbonyl (C=O) groups is 7. The van der Waals surface area contributed by atoms with Crippen molar-refractivity contribution in [2.45, 2.75) is 186 Å². The van der Waals surface area contributed by atoms with Crippen molar-refractivity contribution < 1.29 is 62.7 Å². The van der Waals surface area contributed by atoms with Gasteiger partial charge in [-0.1, -0.05) is 96.8 Å². The second-order valence-electron chi connectivity index (χ2n) is 18.0. The zero-order valence-corrected chi connectivity index (χ0v) is 41.8. The number of unbranched alkanes of at least 4 members (excludes halogenated alkanes) is 14. The Balaban J connectivity index is 1.89. The Kier molecular flexibility index (Phi) is 39.7. The third-order valence-corrected chi connectivity index (χ3v) is 11.7. The van der Waals surface area contributed by atoms with Gasteiger partial charge in [0.2, 0.25) is 17.7 Å². The van der Waals surface area contributed by atoms with Crippen LogP contribution in [0.1, 0.15) is 173 Å². The van der Waals surface area contributed by atoms with Crippen LogP contribution in [0.15, 0.2) is 12.5 Å². The van der Waals surface area contributed by atoms with E-state index in [9.17, 15) is 38.7 Å². The summed E-state index contributed by atoms with van der Waals surface area (Å²) < 4.78 is 21.6. The number of amides is 3. The zero-order valence-electron chi connectivity index (χ0n) is 41.8. The minimum atomic E-state index is -1.16. The second kappa shape index (κ2) is 43.7. The fourth-order valence-electron chi connectivity index (χ4n) is 7.45. The highest BCUT2D eigenvalue weighted by Gasteiger charge is 2.21. The van der Waals surface area contributed by atoms with E-state index in [4.69, 9.17) is 29.8 Å². The molecule has 19 heteroatoms. The number of ketones is 2. The van der Waals surface area contributed by atoms with Crippen molar-refractivity contribution in [2.24, 2.45) is 11.7 Å². The summed E-state index contributed by atoms with van der Waals surface area (Å²) in [6.45, 7) is 4.26. The molecule has 0 aromatic carbocycles. The van der Waals surface area contributed by atoms with Crippen LogP contribution in [0.3, 0.4) is 0 Å². The Hall–Kier alpha value is -4.30. The van der Waals surface area contributed by atoms with Gasteiger partial charge in [0.1, 0.15) is 30.8 Å². The molecule has 0 fully saturated rings. The average molecular weight is 981 g/mol. The highest BCUT2D eigenvalue weighted by molar-refractivity contribution is 5.85. The number of carbonyl (C=O) groups excluding carboxylic acids is 5. The summed E-state index contributed by atoms with van der Waals surface area (Å²) in [7, 11) is 0. The number of aromatic nitrogens is 2. The van der Waals surface area contributed by atoms with E-state index in [1.54, 1.807) is 12.5 Å². The van der Waals surface area contributed by atoms with Crippen LogP contribution in [-0.4, -0.2) is 139 Å². The lowest BCUT2D eigenvalue weighted by Gasteiger charge is -2.14. The highest BCUT2D eigenvalue weighted by Crippen LogP contribution is 2.16. The van der Waals surface area contributed by atoms with Gasteiger partial charge in [-0.15, -0.1) is 0 Å². The van der Waals surface area contributed by atoms with Crippen molar-refractivity contribution in [2.75, 3.05) is 65.9 Å². The normalized spacial score (nSPS) is 12.6. The Labute approximate surface area is 410 Å². The number of aliphatic carboxylic acids is 2. The lowest BCUT2D eigenvalue weighted by atomic mass is 9.95. The fraction of sp³-hybridized carbons (Fsp3) is 0.800. The number of imidazole rings is 1. The number of hydrogen-bond acceptors (Lipinski definition) is 13. The largest absolute Gasteiger partial charge is 0.481 e. The molecule has 0 saturated heterocycles. The lowest BCUT2D eigenvalue weighted by molar-refractivity contribution is -0.142. The first-order valence-electron chi connectivity index (χ1n) is 25.7. The molecule has 0 radical (unpaired) electrons. The predicted octanol–water partition coefficient (Wildman–Crippen LogP) is 5.76. The number of nitrogens with zero attached hydrogens (tertiary/aromatic N) is 1. The van der Waals surface area contributed by atoms with Crippen LogP contribution in [0.25, 0.3) is 0 Å². The number of aromatic amines is 1. The summed E-state index contributed by atoms with van der Waals surface area (Å²) in [6.07, 6.45) is 24.1. The topological polar surface area (TPSA) is 288 Å². The van der Waals surface area contributed by atoms with E-state index in [-0.39, 0.29) is 114 Å². The number of Topliss-reactive ketones (excluding diaryl/α,β-unsaturated/α-hetero) is 2. The summed E-state index contributed by atoms with van der Waals surface area (Å²) in [4.78, 5) is 90.2. The van der Waals surface area contributed by atoms with Gasteiger partial charge in [0, 0.05) is 70.1 Å². The van der Waals surface area contributed by atoms with Crippen molar-refractivity contribution in [1.82, 2.24) is 25.9 Å². The van der Waals surface area contributed by atoms with Crippen molar-refractivity contribution in [1.29, 1.82) is 0 Å². The monoisotopic (exact) mass is 981 g/mol. The molecule has 69 heavy (non-hydrogen) atoms. The standard InChI is InChI=1S/C50H88N6O13/c1-40(23-26-45(58)43(51)35-41-36-52-39-55-41)19-16-17-27-53-47(60)37-69-34-32-67-30-28-54-48(61)38-68-33-31-66-29-18-20-42(57)24-25-44(50(64)65)56-46(59)21-14-12-10-8-6-4-2-3-5-7-9-11-13-15-22-49(62)63/h36,39-40,43-44H,2-35,37-38,51H2,1H3,(H,52,55)(H,53,60)(H,54,61)(H,56,59)(H,62,63)(H,64,65)/t40-,43+,44+/m1/s1. The summed E-state index contributed by atoms with van der Waals surface area (Å²) in [5.74, 6) is -2.35. The molecule has 8 N–H and O–H groups in total. The molecular formula is C50H88N6O13. The molecule has 1 heterocycles. The summed E-state index contributed by atoms with van der Waals surface area (Å²) >= 11 is 0. The van der Waals surface area contributed by atoms with Gasteiger partial charge >= 0.3 is 11.9 Å². The second-order valence-corrected chi connectivity index (χ2v) is 18.0. The summed E-state index contributed by atoms with van der Waals surface area (Å²) in [6, 6.07) is -1.63. The fourth-order valence-corrected chi connectivity index (χ4v) is 7.45. The maximum atomic E-state index is 12.4. The van der Waals surface area contributed by atoms with Crippen LogP contribution in [-0.2, 0) is 58.9 Å². The van der Waals surface area contributed by atoms with Crippen molar-refractivity contribution in [3.63, 3.8) is 0 Å². The van der Waals surface area contributed by atoms with Crippen molar-refractivity contribution in [3.05, 3.63) is 18.2 Å². The summed E-state index contributed by atoms with van der Waals surface area (Å²) in [5, 5.41) is 26.3. The van der Waals surface area contributed by atoms with E-state index >= 15 is 0 Å². The van der Waals surface area contributed by atoms with Crippen LogP contribution in [0.4, 0.5) is 0 Å². The molecule has 0 aliphatic carbocycles. The smallest absolute Gasteiger partial charge is 0.326 e. The number of hydrogen-bond donors (Lipinski definition) is 7. The van der Waals surface area contributed by atoms with Gasteiger partial charge in [-0.2, -0.15) is 0 Å². The first kappa shape index (κ1) is 62.7. The van der Waals surface area contributed by atoms with E-state index in [1.807, 2.05) is 0 Å². The molecule has 0 aliphatic rings. The van der Waals surface area contributed by atoms with Crippen LogP contribution < -0.4 is 21.7 Å². The zero-order chi connectivity index (χ0) is 50.6. The third kappa shape index (κ3) is 40.2. The molecule has 0 bridgehead atoms. The van der Waals surface area contributed by atoms with Gasteiger partial charge in [-0.05, 0) is 44.4 Å². The molecule has 1 aromatic heterocycles. The van der Waals surface area contributed by atoms with Gasteiger partial charge in [-0.3, -0.25) is 28.8 Å². The third-order valence-electron chi connectivity index (χ3n) is 11.7. The number of carboxylic acid groups (broad SMARTS) is 2.